The minimum atomic E-state index is -0.849. The van der Waals surface area contributed by atoms with E-state index < -0.39 is 6.29 Å². The van der Waals surface area contributed by atoms with Gasteiger partial charge in [-0.05, 0) is 55.3 Å². The third-order valence-electron chi connectivity index (χ3n) is 6.26. The van der Waals surface area contributed by atoms with Gasteiger partial charge in [-0.15, -0.1) is 0 Å². The van der Waals surface area contributed by atoms with E-state index in [0.717, 1.165) is 12.3 Å². The molecule has 3 saturated carbocycles. The molecule has 3 aliphatic rings. The van der Waals surface area contributed by atoms with Gasteiger partial charge < -0.3 is 15.6 Å². The maximum atomic E-state index is 10.4. The highest BCUT2D eigenvalue weighted by Crippen LogP contribution is 2.65. The molecule has 2 bridgehead atoms. The van der Waals surface area contributed by atoms with E-state index in [2.05, 4.69) is 41.5 Å². The van der Waals surface area contributed by atoms with Crippen molar-refractivity contribution in [2.45, 2.75) is 78.7 Å². The summed E-state index contributed by atoms with van der Waals surface area (Å²) in [5.41, 5.74) is 6.18. The summed E-state index contributed by atoms with van der Waals surface area (Å²) in [7, 11) is 0. The molecular weight excluding hydrogens is 250 g/mol. The number of hydrogen-bond acceptors (Lipinski definition) is 3. The van der Waals surface area contributed by atoms with Crippen LogP contribution in [0.4, 0.5) is 0 Å². The van der Waals surface area contributed by atoms with Gasteiger partial charge in [0, 0.05) is 0 Å². The second-order valence-electron chi connectivity index (χ2n) is 8.43. The Morgan fingerprint density at radius 2 is 1.85 bits per heavy atom. The highest BCUT2D eigenvalue weighted by molar-refractivity contribution is 5.12. The van der Waals surface area contributed by atoms with Crippen LogP contribution in [0.5, 0.6) is 0 Å². The molecule has 3 nitrogen and oxygen atoms in total. The lowest BCUT2D eigenvalue weighted by atomic mass is 9.42. The lowest BCUT2D eigenvalue weighted by Crippen LogP contribution is -2.66. The number of aliphatic hydroxyl groups excluding tert-OH is 1. The Bertz CT molecular complexity index is 355. The zero-order valence-corrected chi connectivity index (χ0v) is 14.0. The third-order valence-corrected chi connectivity index (χ3v) is 6.26. The van der Waals surface area contributed by atoms with Gasteiger partial charge in [-0.3, -0.25) is 0 Å². The molecule has 0 saturated heterocycles. The predicted molar refractivity (Wildman–Crippen MR) is 82.1 cm³/mol. The van der Waals surface area contributed by atoms with E-state index in [9.17, 15) is 5.11 Å². The topological polar surface area (TPSA) is 55.5 Å². The molecule has 20 heavy (non-hydrogen) atoms. The maximum absolute atomic E-state index is 10.4. The fourth-order valence-corrected chi connectivity index (χ4v) is 4.60. The molecule has 0 aromatic heterocycles. The van der Waals surface area contributed by atoms with Crippen LogP contribution in [0.3, 0.4) is 0 Å². The smallest absolute Gasteiger partial charge is 0.170 e. The zero-order valence-electron chi connectivity index (χ0n) is 14.0. The normalized spacial score (nSPS) is 42.1. The Labute approximate surface area is 124 Å². The van der Waals surface area contributed by atoms with Crippen molar-refractivity contribution in [1.29, 1.82) is 0 Å². The summed E-state index contributed by atoms with van der Waals surface area (Å²) in [6.07, 6.45) is 2.38. The van der Waals surface area contributed by atoms with Crippen LogP contribution in [-0.4, -0.2) is 23.0 Å². The maximum Gasteiger partial charge on any atom is 0.170 e. The molecule has 3 rings (SSSR count). The first-order valence-electron chi connectivity index (χ1n) is 8.20. The predicted octanol–water partition coefficient (Wildman–Crippen LogP) is 3.16. The molecule has 3 N–H and O–H groups in total. The van der Waals surface area contributed by atoms with Crippen LogP contribution < -0.4 is 5.73 Å². The van der Waals surface area contributed by atoms with Crippen LogP contribution in [0.1, 0.15) is 60.8 Å². The lowest BCUT2D eigenvalue weighted by Gasteiger charge is -2.66. The highest BCUT2D eigenvalue weighted by atomic mass is 16.6. The standard InChI is InChI=1S/C17H33NO2/c1-10(2)7-13(18)15(19)20-17(6)11(3)8-12-9-14(17)16(12,4)5/h10-15,19H,7-9,18H2,1-6H3/t11?,12?,13-,14?,15?,17-/m0/s1. The van der Waals surface area contributed by atoms with Gasteiger partial charge >= 0.3 is 0 Å². The van der Waals surface area contributed by atoms with Gasteiger partial charge in [-0.1, -0.05) is 34.6 Å². The van der Waals surface area contributed by atoms with Crippen LogP contribution in [0.2, 0.25) is 0 Å². The minimum Gasteiger partial charge on any atom is -0.367 e. The molecular formula is C17H33NO2. The minimum absolute atomic E-state index is 0.244. The van der Waals surface area contributed by atoms with Gasteiger partial charge in [0.1, 0.15) is 0 Å². The molecule has 0 heterocycles. The van der Waals surface area contributed by atoms with Gasteiger partial charge in [-0.25, -0.2) is 0 Å². The van der Waals surface area contributed by atoms with Crippen LogP contribution in [0.25, 0.3) is 0 Å². The SMILES string of the molecule is CC(C)C[C@H](N)C(O)O[C@@]1(C)C(C)CC2CC1C2(C)C. The molecule has 118 valence electrons. The summed E-state index contributed by atoms with van der Waals surface area (Å²) >= 11 is 0. The Hall–Kier alpha value is -0.120. The first kappa shape index (κ1) is 16.3. The molecule has 0 aromatic rings. The fourth-order valence-electron chi connectivity index (χ4n) is 4.60. The van der Waals surface area contributed by atoms with Crippen molar-refractivity contribution in [2.24, 2.45) is 34.8 Å². The van der Waals surface area contributed by atoms with Gasteiger partial charge in [-0.2, -0.15) is 0 Å². The first-order chi connectivity index (χ1) is 9.09. The number of aliphatic hydroxyl groups is 1. The van der Waals surface area contributed by atoms with Crippen molar-refractivity contribution in [3.8, 4) is 0 Å². The van der Waals surface area contributed by atoms with E-state index in [0.29, 0.717) is 23.2 Å². The molecule has 0 aliphatic heterocycles. The second kappa shape index (κ2) is 5.26. The van der Waals surface area contributed by atoms with Gasteiger partial charge in [0.15, 0.2) is 6.29 Å². The Balaban J connectivity index is 2.06. The first-order valence-corrected chi connectivity index (χ1v) is 8.20. The molecule has 3 fully saturated rings. The van der Waals surface area contributed by atoms with E-state index >= 15 is 0 Å². The average molecular weight is 283 g/mol. The lowest BCUT2D eigenvalue weighted by molar-refractivity contribution is -0.296. The van der Waals surface area contributed by atoms with Crippen LogP contribution in [-0.2, 0) is 4.74 Å². The summed E-state index contributed by atoms with van der Waals surface area (Å²) in [5, 5.41) is 10.4. The highest BCUT2D eigenvalue weighted by Gasteiger charge is 2.63. The Kier molecular flexibility index (Phi) is 4.27. The fraction of sp³-hybridized carbons (Fsp3) is 1.00. The van der Waals surface area contributed by atoms with Crippen molar-refractivity contribution < 1.29 is 9.84 Å². The van der Waals surface area contributed by atoms with Gasteiger partial charge in [0.25, 0.3) is 0 Å². The monoisotopic (exact) mass is 283 g/mol. The quantitative estimate of drug-likeness (QED) is 0.762. The molecule has 4 unspecified atom stereocenters. The van der Waals surface area contributed by atoms with Crippen molar-refractivity contribution in [3.05, 3.63) is 0 Å². The molecule has 0 spiro atoms. The van der Waals surface area contributed by atoms with Crippen LogP contribution >= 0.6 is 0 Å². The number of rotatable bonds is 5. The summed E-state index contributed by atoms with van der Waals surface area (Å²) in [6.45, 7) is 13.4. The van der Waals surface area contributed by atoms with Crippen molar-refractivity contribution in [3.63, 3.8) is 0 Å². The number of hydrogen-bond donors (Lipinski definition) is 2. The summed E-state index contributed by atoms with van der Waals surface area (Å²) in [5.74, 6) is 2.31. The zero-order chi connectivity index (χ0) is 15.3. The largest absolute Gasteiger partial charge is 0.367 e. The molecule has 0 radical (unpaired) electrons. The van der Waals surface area contributed by atoms with Crippen molar-refractivity contribution >= 4 is 0 Å². The Morgan fingerprint density at radius 3 is 2.35 bits per heavy atom. The van der Waals surface area contributed by atoms with Gasteiger partial charge in [0.2, 0.25) is 0 Å². The molecule has 0 aromatic carbocycles. The number of fused-ring (bicyclic) bond motifs is 2. The summed E-state index contributed by atoms with van der Waals surface area (Å²) in [4.78, 5) is 0. The summed E-state index contributed by atoms with van der Waals surface area (Å²) < 4.78 is 6.17. The Morgan fingerprint density at radius 1 is 1.25 bits per heavy atom. The van der Waals surface area contributed by atoms with E-state index in [1.807, 2.05) is 0 Å². The summed E-state index contributed by atoms with van der Waals surface area (Å²) in [6, 6.07) is -0.292. The van der Waals surface area contributed by atoms with Crippen molar-refractivity contribution in [1.82, 2.24) is 0 Å². The third kappa shape index (κ3) is 2.53. The van der Waals surface area contributed by atoms with Crippen molar-refractivity contribution in [2.75, 3.05) is 0 Å². The van der Waals surface area contributed by atoms with E-state index in [1.165, 1.54) is 12.8 Å². The van der Waals surface area contributed by atoms with Crippen LogP contribution in [0.15, 0.2) is 0 Å². The second-order valence-corrected chi connectivity index (χ2v) is 8.43. The molecule has 0 amide bonds. The van der Waals surface area contributed by atoms with Crippen LogP contribution in [0, 0.1) is 29.1 Å². The van der Waals surface area contributed by atoms with E-state index in [1.54, 1.807) is 0 Å². The number of nitrogens with two attached hydrogens (primary N) is 1. The van der Waals surface area contributed by atoms with Gasteiger partial charge in [0.05, 0.1) is 11.6 Å². The van der Waals surface area contributed by atoms with E-state index in [-0.39, 0.29) is 11.6 Å². The number of ether oxygens (including phenoxy) is 1. The molecule has 3 heteroatoms. The molecule has 3 aliphatic carbocycles. The average Bonchev–Trinajstić information content (AvgIpc) is 2.31. The van der Waals surface area contributed by atoms with E-state index in [4.69, 9.17) is 10.5 Å². The molecule has 6 atom stereocenters.